The Balaban J connectivity index is 1.63. The van der Waals surface area contributed by atoms with Crippen molar-refractivity contribution in [1.29, 1.82) is 0 Å². The van der Waals surface area contributed by atoms with Crippen molar-refractivity contribution in [2.24, 2.45) is 28.6 Å². The maximum atomic E-state index is 12.5. The maximum Gasteiger partial charge on any atom is 0.222 e. The van der Waals surface area contributed by atoms with Gasteiger partial charge in [-0.05, 0) is 80.0 Å². The Morgan fingerprint density at radius 1 is 1.04 bits per heavy atom. The lowest BCUT2D eigenvalue weighted by Crippen LogP contribution is -2.62. The lowest BCUT2D eigenvalue weighted by atomic mass is 9.47. The number of amides is 1. The summed E-state index contributed by atoms with van der Waals surface area (Å²) in [6, 6.07) is 0.468. The first-order chi connectivity index (χ1) is 11.4. The number of piperidine rings is 1. The molecule has 3 aliphatic carbocycles. The number of hydrogen-bond donors (Lipinski definition) is 1. The first-order valence-corrected chi connectivity index (χ1v) is 10.4. The summed E-state index contributed by atoms with van der Waals surface area (Å²) < 4.78 is 0. The van der Waals surface area contributed by atoms with Gasteiger partial charge in [-0.25, -0.2) is 0 Å². The minimum atomic E-state index is -0.0847. The number of aliphatic hydroxyl groups is 1. The quantitative estimate of drug-likeness (QED) is 0.830. The molecule has 1 saturated heterocycles. The third kappa shape index (κ3) is 2.15. The van der Waals surface area contributed by atoms with Crippen molar-refractivity contribution in [3.63, 3.8) is 0 Å². The Morgan fingerprint density at radius 2 is 1.79 bits per heavy atom. The van der Waals surface area contributed by atoms with Crippen LogP contribution in [0.4, 0.5) is 0 Å². The molecule has 7 atom stereocenters. The van der Waals surface area contributed by atoms with Crippen molar-refractivity contribution in [3.8, 4) is 0 Å². The van der Waals surface area contributed by atoms with Crippen molar-refractivity contribution < 1.29 is 9.90 Å². The Kier molecular flexibility index (Phi) is 4.02. The minimum absolute atomic E-state index is 0.0847. The molecule has 0 bridgehead atoms. The molecule has 24 heavy (non-hydrogen) atoms. The van der Waals surface area contributed by atoms with E-state index in [0.29, 0.717) is 23.3 Å². The summed E-state index contributed by atoms with van der Waals surface area (Å²) in [7, 11) is 0. The van der Waals surface area contributed by atoms with E-state index in [1.54, 1.807) is 0 Å². The van der Waals surface area contributed by atoms with Gasteiger partial charge in [0.15, 0.2) is 0 Å². The molecule has 0 spiro atoms. The number of nitrogens with zero attached hydrogens (tertiary/aromatic N) is 1. The second kappa shape index (κ2) is 5.72. The van der Waals surface area contributed by atoms with Crippen LogP contribution in [-0.2, 0) is 4.79 Å². The summed E-state index contributed by atoms with van der Waals surface area (Å²) in [6.07, 6.45) is 9.95. The van der Waals surface area contributed by atoms with Crippen molar-refractivity contribution in [2.75, 3.05) is 6.54 Å². The molecule has 0 radical (unpaired) electrons. The molecule has 4 fully saturated rings. The molecule has 0 aromatic carbocycles. The highest BCUT2D eigenvalue weighted by molar-refractivity contribution is 5.77. The topological polar surface area (TPSA) is 40.5 Å². The Bertz CT molecular complexity index is 520. The van der Waals surface area contributed by atoms with Crippen molar-refractivity contribution in [3.05, 3.63) is 0 Å². The van der Waals surface area contributed by atoms with Gasteiger partial charge in [0.2, 0.25) is 5.91 Å². The predicted octanol–water partition coefficient (Wildman–Crippen LogP) is 3.99. The minimum Gasteiger partial charge on any atom is -0.393 e. The molecule has 3 heteroatoms. The highest BCUT2D eigenvalue weighted by atomic mass is 16.3. The zero-order valence-electron chi connectivity index (χ0n) is 15.8. The average Bonchev–Trinajstić information content (AvgIpc) is 2.86. The van der Waals surface area contributed by atoms with E-state index in [1.165, 1.54) is 32.1 Å². The molecule has 1 N–H and O–H groups in total. The molecule has 2 unspecified atom stereocenters. The fourth-order valence-corrected chi connectivity index (χ4v) is 7.49. The average molecular weight is 334 g/mol. The van der Waals surface area contributed by atoms with Crippen LogP contribution in [0.25, 0.3) is 0 Å². The molecule has 0 aromatic rings. The molecule has 1 amide bonds. The normalized spacial score (nSPS) is 51.1. The van der Waals surface area contributed by atoms with Gasteiger partial charge in [-0.1, -0.05) is 20.8 Å². The van der Waals surface area contributed by atoms with Gasteiger partial charge < -0.3 is 10.0 Å². The number of fused-ring (bicyclic) bond motifs is 5. The Morgan fingerprint density at radius 3 is 2.54 bits per heavy atom. The first kappa shape index (κ1) is 16.9. The van der Waals surface area contributed by atoms with Crippen LogP contribution in [0.5, 0.6) is 0 Å². The molecule has 0 aromatic heterocycles. The van der Waals surface area contributed by atoms with Crippen LogP contribution in [-0.4, -0.2) is 34.6 Å². The number of aliphatic hydroxyl groups excluding tert-OH is 1. The van der Waals surface area contributed by atoms with Gasteiger partial charge in [0.05, 0.1) is 6.10 Å². The summed E-state index contributed by atoms with van der Waals surface area (Å²) in [5, 5.41) is 10.6. The van der Waals surface area contributed by atoms with Crippen LogP contribution in [0.2, 0.25) is 0 Å². The molecule has 3 saturated carbocycles. The Hall–Kier alpha value is -0.570. The van der Waals surface area contributed by atoms with Crippen molar-refractivity contribution >= 4 is 5.91 Å². The maximum absolute atomic E-state index is 12.5. The fraction of sp³-hybridized carbons (Fsp3) is 0.952. The van der Waals surface area contributed by atoms with Crippen LogP contribution < -0.4 is 0 Å². The number of likely N-dealkylation sites (tertiary alicyclic amines) is 1. The van der Waals surface area contributed by atoms with Crippen LogP contribution in [0.3, 0.4) is 0 Å². The second-order valence-electron chi connectivity index (χ2n) is 9.70. The molecule has 4 rings (SSSR count). The molecular weight excluding hydrogens is 298 g/mol. The Labute approximate surface area is 147 Å². The van der Waals surface area contributed by atoms with Gasteiger partial charge in [-0.2, -0.15) is 0 Å². The summed E-state index contributed by atoms with van der Waals surface area (Å²) in [5.74, 6) is 2.64. The summed E-state index contributed by atoms with van der Waals surface area (Å²) >= 11 is 0. The van der Waals surface area contributed by atoms with Crippen LogP contribution >= 0.6 is 0 Å². The van der Waals surface area contributed by atoms with E-state index in [9.17, 15) is 9.90 Å². The van der Waals surface area contributed by atoms with Crippen molar-refractivity contribution in [2.45, 2.75) is 90.7 Å². The molecule has 1 heterocycles. The fourth-order valence-electron chi connectivity index (χ4n) is 7.49. The highest BCUT2D eigenvalue weighted by Gasteiger charge is 2.61. The molecule has 3 nitrogen and oxygen atoms in total. The van der Waals surface area contributed by atoms with Crippen LogP contribution in [0, 0.1) is 28.6 Å². The molecular formula is C21H35NO2. The lowest BCUT2D eigenvalue weighted by molar-refractivity contribution is -0.163. The van der Waals surface area contributed by atoms with E-state index in [0.717, 1.165) is 44.1 Å². The van der Waals surface area contributed by atoms with Crippen molar-refractivity contribution in [1.82, 2.24) is 4.90 Å². The van der Waals surface area contributed by atoms with E-state index < -0.39 is 0 Å². The SMILES string of the molecule is CCCN1C(=O)CC[C@@]2(C)C1CC[C@@H]1[C@H]2CC[C@]2(C)C(O)CC[C@@H]12. The van der Waals surface area contributed by atoms with E-state index in [1.807, 2.05) is 0 Å². The first-order valence-electron chi connectivity index (χ1n) is 10.4. The lowest BCUT2D eigenvalue weighted by Gasteiger charge is -2.62. The molecule has 1 aliphatic heterocycles. The largest absolute Gasteiger partial charge is 0.393 e. The standard InChI is InChI=1S/C21H35NO2/c1-4-13-22-17-7-5-14-15-6-8-18(23)21(15,3)11-9-16(14)20(17,2)12-10-19(22)24/h14-18,23H,4-13H2,1-3H3/t14-,15-,16+,17?,18?,20+,21-/m0/s1. The van der Waals surface area contributed by atoms with E-state index >= 15 is 0 Å². The van der Waals surface area contributed by atoms with Crippen LogP contribution in [0.15, 0.2) is 0 Å². The van der Waals surface area contributed by atoms with E-state index in [2.05, 4.69) is 25.7 Å². The zero-order chi connectivity index (χ0) is 17.1. The van der Waals surface area contributed by atoms with E-state index in [4.69, 9.17) is 0 Å². The summed E-state index contributed by atoms with van der Waals surface area (Å²) in [6.45, 7) is 7.98. The number of carbonyl (C=O) groups excluding carboxylic acids is 1. The third-order valence-electron chi connectivity index (χ3n) is 8.81. The van der Waals surface area contributed by atoms with Gasteiger partial charge in [-0.3, -0.25) is 4.79 Å². The monoisotopic (exact) mass is 333 g/mol. The van der Waals surface area contributed by atoms with E-state index in [-0.39, 0.29) is 11.5 Å². The number of hydrogen-bond acceptors (Lipinski definition) is 2. The van der Waals surface area contributed by atoms with Gasteiger partial charge in [-0.15, -0.1) is 0 Å². The molecule has 136 valence electrons. The smallest absolute Gasteiger partial charge is 0.222 e. The van der Waals surface area contributed by atoms with Gasteiger partial charge in [0.1, 0.15) is 0 Å². The third-order valence-corrected chi connectivity index (χ3v) is 8.81. The zero-order valence-corrected chi connectivity index (χ0v) is 15.8. The van der Waals surface area contributed by atoms with Gasteiger partial charge >= 0.3 is 0 Å². The summed E-state index contributed by atoms with van der Waals surface area (Å²) in [4.78, 5) is 14.8. The molecule has 4 aliphatic rings. The second-order valence-corrected chi connectivity index (χ2v) is 9.70. The summed E-state index contributed by atoms with van der Waals surface area (Å²) in [5.41, 5.74) is 0.471. The number of carbonyl (C=O) groups is 1. The van der Waals surface area contributed by atoms with Gasteiger partial charge in [0.25, 0.3) is 0 Å². The highest BCUT2D eigenvalue weighted by Crippen LogP contribution is 2.64. The van der Waals surface area contributed by atoms with Crippen LogP contribution in [0.1, 0.15) is 78.6 Å². The van der Waals surface area contributed by atoms with Gasteiger partial charge in [0, 0.05) is 19.0 Å². The predicted molar refractivity (Wildman–Crippen MR) is 95.4 cm³/mol. The number of rotatable bonds is 2.